The van der Waals surface area contributed by atoms with Gasteiger partial charge >= 0.3 is 6.18 Å². The van der Waals surface area contributed by atoms with Crippen LogP contribution in [0.1, 0.15) is 5.69 Å². The average Bonchev–Trinajstić information content (AvgIpc) is 3.42. The number of para-hydroxylation sites is 2. The summed E-state index contributed by atoms with van der Waals surface area (Å²) in [5.74, 6) is -1.26. The van der Waals surface area contributed by atoms with Crippen molar-refractivity contribution in [1.82, 2.24) is 20.2 Å². The van der Waals surface area contributed by atoms with Gasteiger partial charge in [0.1, 0.15) is 11.2 Å². The number of nitrogens with zero attached hydrogens (tertiary/aromatic N) is 4. The molecule has 3 aromatic heterocycles. The second kappa shape index (κ2) is 10.0. The van der Waals surface area contributed by atoms with Gasteiger partial charge in [-0.25, -0.2) is 4.98 Å². The molecule has 0 aliphatic carbocycles. The van der Waals surface area contributed by atoms with Crippen molar-refractivity contribution in [3.63, 3.8) is 0 Å². The second-order valence-corrected chi connectivity index (χ2v) is 6.36. The van der Waals surface area contributed by atoms with Gasteiger partial charge < -0.3 is 19.6 Å². The Hall–Kier alpha value is -3.43. The summed E-state index contributed by atoms with van der Waals surface area (Å²) in [6, 6.07) is 17.2. The Morgan fingerprint density at radius 3 is 2.36 bits per heavy atom. The van der Waals surface area contributed by atoms with Gasteiger partial charge in [-0.3, -0.25) is 8.78 Å². The molecule has 5 rings (SSSR count). The van der Waals surface area contributed by atoms with Crippen molar-refractivity contribution in [2.24, 2.45) is 0 Å². The van der Waals surface area contributed by atoms with Gasteiger partial charge in [-0.05, 0) is 30.0 Å². The summed E-state index contributed by atoms with van der Waals surface area (Å²) in [5.41, 5.74) is 0.600. The predicted molar refractivity (Wildman–Crippen MR) is 104 cm³/mol. The third kappa shape index (κ3) is 5.68. The number of aromatic nitrogens is 4. The smallest absolute Gasteiger partial charge is 0.431 e. The molecule has 0 aliphatic rings. The molecule has 0 amide bonds. The van der Waals surface area contributed by atoms with Crippen molar-refractivity contribution < 1.29 is 46.5 Å². The van der Waals surface area contributed by atoms with Crippen LogP contribution in [0.5, 0.6) is 0 Å². The molecular weight excluding hydrogens is 623 g/mol. The molecule has 2 aromatic carbocycles. The predicted octanol–water partition coefficient (Wildman–Crippen LogP) is 5.69. The Labute approximate surface area is 197 Å². The third-order valence-corrected chi connectivity index (χ3v) is 4.12. The van der Waals surface area contributed by atoms with E-state index in [1.807, 2.05) is 0 Å². The molecule has 1 radical (unpaired) electrons. The van der Waals surface area contributed by atoms with Crippen LogP contribution in [0.25, 0.3) is 33.9 Å². The van der Waals surface area contributed by atoms with Gasteiger partial charge in [-0.15, -0.1) is 12.1 Å². The topological polar surface area (TPSA) is 65.9 Å². The van der Waals surface area contributed by atoms with Crippen LogP contribution in [0.15, 0.2) is 71.3 Å². The van der Waals surface area contributed by atoms with Crippen LogP contribution >= 0.6 is 0 Å². The van der Waals surface area contributed by atoms with E-state index in [-0.39, 0.29) is 37.3 Å². The van der Waals surface area contributed by atoms with Crippen LogP contribution in [-0.2, 0) is 26.3 Å². The number of oxazole rings is 1. The van der Waals surface area contributed by atoms with E-state index >= 15 is 0 Å². The summed E-state index contributed by atoms with van der Waals surface area (Å²) in [6.45, 7) is 0. The maximum Gasteiger partial charge on any atom is 0.431 e. The van der Waals surface area contributed by atoms with Crippen molar-refractivity contribution in [3.05, 3.63) is 90.3 Å². The Kier molecular flexibility index (Phi) is 7.35. The SMILES string of the molecule is FC(F)(F)c1cc(-c2nc3ccccc3o2)[n-]n1.Fc1c[c-]c(-c2ccccn2)c(F)c1.[Ir]. The number of benzene rings is 2. The molecular formula is C22H11F5IrN4O-2. The van der Waals surface area contributed by atoms with E-state index in [1.54, 1.807) is 48.7 Å². The standard InChI is InChI=1S/C11H5F3N3O.C11H6F2N.Ir/c12-11(13,14)9-5-7(16-17-9)10-15-6-3-1-2-4-8(6)18-10;12-8-4-5-9(10(13)7-8)11-3-1-2-6-14-11;/h1-5H;1-4,6-7H;/q2*-1;. The molecule has 0 N–H and O–H groups in total. The number of alkyl halides is 3. The minimum atomic E-state index is -4.52. The van der Waals surface area contributed by atoms with Gasteiger partial charge in [-0.2, -0.15) is 13.2 Å². The summed E-state index contributed by atoms with van der Waals surface area (Å²) in [6.07, 6.45) is -2.97. The number of rotatable bonds is 2. The van der Waals surface area contributed by atoms with Gasteiger partial charge in [0.25, 0.3) is 0 Å². The molecule has 0 fully saturated rings. The Morgan fingerprint density at radius 1 is 0.970 bits per heavy atom. The van der Waals surface area contributed by atoms with Crippen LogP contribution in [-0.4, -0.2) is 15.1 Å². The van der Waals surface area contributed by atoms with E-state index in [0.717, 1.165) is 18.2 Å². The number of fused-ring (bicyclic) bond motifs is 1. The zero-order chi connectivity index (χ0) is 22.7. The van der Waals surface area contributed by atoms with Gasteiger partial charge in [0.05, 0.1) is 0 Å². The van der Waals surface area contributed by atoms with Crippen molar-refractivity contribution in [3.8, 4) is 22.8 Å². The molecule has 0 unspecified atom stereocenters. The molecule has 0 saturated carbocycles. The second-order valence-electron chi connectivity index (χ2n) is 6.36. The maximum atomic E-state index is 13.2. The monoisotopic (exact) mass is 635 g/mol. The largest absolute Gasteiger partial charge is 0.571 e. The quantitative estimate of drug-likeness (QED) is 0.185. The molecule has 0 saturated heterocycles. The number of hydrogen-bond donors (Lipinski definition) is 0. The molecule has 5 nitrogen and oxygen atoms in total. The molecule has 0 spiro atoms. The van der Waals surface area contributed by atoms with E-state index in [0.29, 0.717) is 16.8 Å². The zero-order valence-corrected chi connectivity index (χ0v) is 18.7. The van der Waals surface area contributed by atoms with Gasteiger partial charge in [0, 0.05) is 37.9 Å². The zero-order valence-electron chi connectivity index (χ0n) is 16.3. The first-order valence-electron chi connectivity index (χ1n) is 9.03. The van der Waals surface area contributed by atoms with Crippen LogP contribution in [0.3, 0.4) is 0 Å². The van der Waals surface area contributed by atoms with Gasteiger partial charge in [0.15, 0.2) is 5.58 Å². The van der Waals surface area contributed by atoms with Crippen LogP contribution < -0.4 is 5.10 Å². The van der Waals surface area contributed by atoms with Gasteiger partial charge in [-0.1, -0.05) is 41.6 Å². The Bertz CT molecular complexity index is 1320. The summed E-state index contributed by atoms with van der Waals surface area (Å²) >= 11 is 0. The van der Waals surface area contributed by atoms with Crippen LogP contribution in [0.4, 0.5) is 22.0 Å². The molecule has 0 atom stereocenters. The number of pyridine rings is 1. The maximum absolute atomic E-state index is 13.2. The fraction of sp³-hybridized carbons (Fsp3) is 0.0455. The van der Waals surface area contributed by atoms with Crippen LogP contribution in [0, 0.1) is 17.7 Å². The first-order chi connectivity index (χ1) is 15.3. The molecule has 5 aromatic rings. The van der Waals surface area contributed by atoms with Crippen molar-refractivity contribution in [2.75, 3.05) is 0 Å². The molecule has 3 heterocycles. The molecule has 171 valence electrons. The Balaban J connectivity index is 0.000000186. The van der Waals surface area contributed by atoms with E-state index in [1.165, 1.54) is 0 Å². The fourth-order valence-corrected chi connectivity index (χ4v) is 2.67. The number of halogens is 5. The summed E-state index contributed by atoms with van der Waals surface area (Å²) < 4.78 is 68.2. The third-order valence-electron chi connectivity index (χ3n) is 4.12. The van der Waals surface area contributed by atoms with E-state index in [2.05, 4.69) is 26.2 Å². The molecule has 33 heavy (non-hydrogen) atoms. The minimum Gasteiger partial charge on any atom is -0.571 e. The fourth-order valence-electron chi connectivity index (χ4n) is 2.67. The van der Waals surface area contributed by atoms with E-state index in [4.69, 9.17) is 4.42 Å². The first kappa shape index (κ1) is 24.2. The van der Waals surface area contributed by atoms with Crippen molar-refractivity contribution in [2.45, 2.75) is 6.18 Å². The summed E-state index contributed by atoms with van der Waals surface area (Å²) in [5, 5.41) is 6.48. The minimum absolute atomic E-state index is 0. The molecule has 0 bridgehead atoms. The van der Waals surface area contributed by atoms with Crippen molar-refractivity contribution >= 4 is 11.1 Å². The summed E-state index contributed by atoms with van der Waals surface area (Å²) in [4.78, 5) is 7.99. The molecule has 11 heteroatoms. The van der Waals surface area contributed by atoms with Crippen LogP contribution in [0.2, 0.25) is 0 Å². The van der Waals surface area contributed by atoms with E-state index < -0.39 is 23.5 Å². The Morgan fingerprint density at radius 2 is 1.73 bits per heavy atom. The normalized spacial score (nSPS) is 10.9. The summed E-state index contributed by atoms with van der Waals surface area (Å²) in [7, 11) is 0. The number of hydrogen-bond acceptors (Lipinski definition) is 4. The first-order valence-corrected chi connectivity index (χ1v) is 9.03. The molecule has 0 aliphatic heterocycles. The average molecular weight is 635 g/mol. The van der Waals surface area contributed by atoms with Gasteiger partial charge in [0.2, 0.25) is 5.89 Å². The van der Waals surface area contributed by atoms with Crippen molar-refractivity contribution in [1.29, 1.82) is 0 Å². The van der Waals surface area contributed by atoms with E-state index in [9.17, 15) is 22.0 Å².